The van der Waals surface area contributed by atoms with Crippen LogP contribution in [0.3, 0.4) is 0 Å². The maximum atomic E-state index is 12.4. The number of carbonyl (C=O) groups is 1. The minimum absolute atomic E-state index is 0.0491. The van der Waals surface area contributed by atoms with E-state index in [-0.39, 0.29) is 6.61 Å². The fraction of sp³-hybridized carbons (Fsp3) is 0.200. The minimum Gasteiger partial charge on any atom is -0.457 e. The lowest BCUT2D eigenvalue weighted by Crippen LogP contribution is -2.11. The normalized spacial score (nSPS) is 10.8. The standard InChI is InChI=1S/C20H18ClNO4/c1-12-7-18-16(10-17(12)21)14(9-19(23)26-18)11-25-20(24)13-5-4-6-15(8-13)22(2)3/h4-10H,11H2,1-3H3. The molecule has 0 aliphatic carbocycles. The van der Waals surface area contributed by atoms with Crippen LogP contribution in [-0.2, 0) is 11.3 Å². The van der Waals surface area contributed by atoms with Crippen molar-refractivity contribution in [2.45, 2.75) is 13.5 Å². The van der Waals surface area contributed by atoms with E-state index in [1.807, 2.05) is 32.0 Å². The molecular formula is C20H18ClNO4. The Morgan fingerprint density at radius 1 is 1.19 bits per heavy atom. The Morgan fingerprint density at radius 3 is 2.69 bits per heavy atom. The number of esters is 1. The van der Waals surface area contributed by atoms with Gasteiger partial charge in [0.1, 0.15) is 12.2 Å². The first-order valence-corrected chi connectivity index (χ1v) is 8.40. The van der Waals surface area contributed by atoms with Gasteiger partial charge in [-0.15, -0.1) is 0 Å². The fourth-order valence-electron chi connectivity index (χ4n) is 2.61. The van der Waals surface area contributed by atoms with E-state index in [0.717, 1.165) is 11.3 Å². The Bertz CT molecular complexity index is 1040. The summed E-state index contributed by atoms with van der Waals surface area (Å²) < 4.78 is 10.6. The molecule has 0 spiro atoms. The third kappa shape index (κ3) is 3.73. The SMILES string of the molecule is Cc1cc2oc(=O)cc(COC(=O)c3cccc(N(C)C)c3)c2cc1Cl. The van der Waals surface area contributed by atoms with Crippen molar-refractivity contribution in [3.63, 3.8) is 0 Å². The molecule has 5 nitrogen and oxygen atoms in total. The highest BCUT2D eigenvalue weighted by Crippen LogP contribution is 2.26. The Kier molecular flexibility index (Phi) is 5.00. The molecule has 0 fully saturated rings. The first-order chi connectivity index (χ1) is 12.3. The molecule has 2 aromatic carbocycles. The van der Waals surface area contributed by atoms with Crippen molar-refractivity contribution >= 4 is 34.2 Å². The molecule has 0 N–H and O–H groups in total. The zero-order valence-corrected chi connectivity index (χ0v) is 15.5. The molecule has 3 aromatic rings. The topological polar surface area (TPSA) is 59.8 Å². The van der Waals surface area contributed by atoms with Crippen molar-refractivity contribution in [2.24, 2.45) is 0 Å². The lowest BCUT2D eigenvalue weighted by molar-refractivity contribution is 0.0474. The van der Waals surface area contributed by atoms with Gasteiger partial charge in [0.2, 0.25) is 0 Å². The van der Waals surface area contributed by atoms with E-state index >= 15 is 0 Å². The Hall–Kier alpha value is -2.79. The van der Waals surface area contributed by atoms with Crippen LogP contribution >= 0.6 is 11.6 Å². The zero-order valence-electron chi connectivity index (χ0n) is 14.7. The molecule has 0 aliphatic rings. The largest absolute Gasteiger partial charge is 0.457 e. The molecule has 0 unspecified atom stereocenters. The Labute approximate surface area is 155 Å². The summed E-state index contributed by atoms with van der Waals surface area (Å²) in [6.07, 6.45) is 0. The molecule has 134 valence electrons. The monoisotopic (exact) mass is 371 g/mol. The number of halogens is 1. The van der Waals surface area contributed by atoms with E-state index < -0.39 is 11.6 Å². The van der Waals surface area contributed by atoms with Gasteiger partial charge < -0.3 is 14.1 Å². The molecule has 0 amide bonds. The van der Waals surface area contributed by atoms with Crippen LogP contribution in [0.25, 0.3) is 11.0 Å². The quantitative estimate of drug-likeness (QED) is 0.508. The number of fused-ring (bicyclic) bond motifs is 1. The maximum Gasteiger partial charge on any atom is 0.338 e. The number of anilines is 1. The lowest BCUT2D eigenvalue weighted by Gasteiger charge is -2.13. The summed E-state index contributed by atoms with van der Waals surface area (Å²) in [6, 6.07) is 11.9. The van der Waals surface area contributed by atoms with Gasteiger partial charge >= 0.3 is 11.6 Å². The van der Waals surface area contributed by atoms with E-state index in [9.17, 15) is 9.59 Å². The van der Waals surface area contributed by atoms with Gasteiger partial charge in [-0.2, -0.15) is 0 Å². The Morgan fingerprint density at radius 2 is 1.96 bits per heavy atom. The molecule has 1 heterocycles. The van der Waals surface area contributed by atoms with Crippen molar-refractivity contribution in [3.8, 4) is 0 Å². The molecule has 0 bridgehead atoms. The smallest absolute Gasteiger partial charge is 0.338 e. The van der Waals surface area contributed by atoms with Gasteiger partial charge in [-0.05, 0) is 42.8 Å². The van der Waals surface area contributed by atoms with Crippen molar-refractivity contribution in [1.29, 1.82) is 0 Å². The van der Waals surface area contributed by atoms with Gasteiger partial charge in [0, 0.05) is 41.8 Å². The molecule has 0 saturated heterocycles. The van der Waals surface area contributed by atoms with Gasteiger partial charge in [-0.25, -0.2) is 9.59 Å². The van der Waals surface area contributed by atoms with Gasteiger partial charge in [0.15, 0.2) is 0 Å². The summed E-state index contributed by atoms with van der Waals surface area (Å²) in [5, 5.41) is 1.20. The van der Waals surface area contributed by atoms with Crippen LogP contribution in [0.15, 0.2) is 51.7 Å². The van der Waals surface area contributed by atoms with E-state index in [1.54, 1.807) is 30.3 Å². The van der Waals surface area contributed by atoms with E-state index in [4.69, 9.17) is 20.8 Å². The molecule has 0 saturated carbocycles. The molecule has 26 heavy (non-hydrogen) atoms. The number of hydrogen-bond donors (Lipinski definition) is 0. The van der Waals surface area contributed by atoms with Crippen molar-refractivity contribution < 1.29 is 13.9 Å². The van der Waals surface area contributed by atoms with E-state index in [1.165, 1.54) is 6.07 Å². The summed E-state index contributed by atoms with van der Waals surface area (Å²) in [5.41, 5.74) is 2.61. The number of nitrogens with zero attached hydrogens (tertiary/aromatic N) is 1. The summed E-state index contributed by atoms with van der Waals surface area (Å²) >= 11 is 6.17. The highest BCUT2D eigenvalue weighted by molar-refractivity contribution is 6.32. The van der Waals surface area contributed by atoms with Crippen molar-refractivity contribution in [1.82, 2.24) is 0 Å². The van der Waals surface area contributed by atoms with Gasteiger partial charge in [-0.3, -0.25) is 0 Å². The number of carbonyl (C=O) groups excluding carboxylic acids is 1. The zero-order chi connectivity index (χ0) is 18.8. The first kappa shape index (κ1) is 18.0. The second-order valence-corrected chi connectivity index (χ2v) is 6.62. The van der Waals surface area contributed by atoms with Gasteiger partial charge in [0.05, 0.1) is 5.56 Å². The van der Waals surface area contributed by atoms with Crippen LogP contribution in [0.2, 0.25) is 5.02 Å². The van der Waals surface area contributed by atoms with Crippen LogP contribution in [0.4, 0.5) is 5.69 Å². The summed E-state index contributed by atoms with van der Waals surface area (Å²) in [4.78, 5) is 26.1. The first-order valence-electron chi connectivity index (χ1n) is 8.02. The second kappa shape index (κ2) is 7.22. The summed E-state index contributed by atoms with van der Waals surface area (Å²) in [6.45, 7) is 1.78. The minimum atomic E-state index is -0.500. The molecule has 6 heteroatoms. The average molecular weight is 372 g/mol. The number of rotatable bonds is 4. The molecule has 0 aliphatic heterocycles. The lowest BCUT2D eigenvalue weighted by atomic mass is 10.1. The highest BCUT2D eigenvalue weighted by Gasteiger charge is 2.13. The van der Waals surface area contributed by atoms with Crippen molar-refractivity contribution in [3.05, 3.63) is 74.6 Å². The number of aryl methyl sites for hydroxylation is 1. The second-order valence-electron chi connectivity index (χ2n) is 6.21. The van der Waals surface area contributed by atoms with E-state index in [2.05, 4.69) is 0 Å². The van der Waals surface area contributed by atoms with Crippen molar-refractivity contribution in [2.75, 3.05) is 19.0 Å². The molecule has 3 rings (SSSR count). The molecule has 0 atom stereocenters. The molecular weight excluding hydrogens is 354 g/mol. The predicted molar refractivity (Wildman–Crippen MR) is 102 cm³/mol. The van der Waals surface area contributed by atoms with Crippen LogP contribution in [0, 0.1) is 6.92 Å². The third-order valence-electron chi connectivity index (χ3n) is 4.07. The van der Waals surface area contributed by atoms with E-state index in [0.29, 0.717) is 27.1 Å². The number of ether oxygens (including phenoxy) is 1. The highest BCUT2D eigenvalue weighted by atomic mass is 35.5. The Balaban J connectivity index is 1.88. The van der Waals surface area contributed by atoms with Gasteiger partial charge in [-0.1, -0.05) is 17.7 Å². The average Bonchev–Trinajstić information content (AvgIpc) is 2.61. The van der Waals surface area contributed by atoms with Crippen LogP contribution < -0.4 is 10.5 Å². The van der Waals surface area contributed by atoms with Crippen LogP contribution in [0.1, 0.15) is 21.5 Å². The molecule has 0 radical (unpaired) electrons. The summed E-state index contributed by atoms with van der Waals surface area (Å²) in [5.74, 6) is -0.465. The predicted octanol–water partition coefficient (Wildman–Crippen LogP) is 4.18. The fourth-order valence-corrected chi connectivity index (χ4v) is 2.77. The summed E-state index contributed by atoms with van der Waals surface area (Å²) in [7, 11) is 3.79. The van der Waals surface area contributed by atoms with Gasteiger partial charge in [0.25, 0.3) is 0 Å². The third-order valence-corrected chi connectivity index (χ3v) is 4.47. The molecule has 1 aromatic heterocycles. The van der Waals surface area contributed by atoms with Crippen LogP contribution in [-0.4, -0.2) is 20.1 Å². The number of benzene rings is 2. The maximum absolute atomic E-state index is 12.4. The van der Waals surface area contributed by atoms with Crippen LogP contribution in [0.5, 0.6) is 0 Å². The number of hydrogen-bond acceptors (Lipinski definition) is 5.